The number of rotatable bonds is 5. The zero-order valence-electron chi connectivity index (χ0n) is 30.9. The quantitative estimate of drug-likeness (QED) is 0.249. The summed E-state index contributed by atoms with van der Waals surface area (Å²) in [6.45, 7) is 10.7. The maximum Gasteiger partial charge on any atom is 0.303 e. The molecule has 0 saturated heterocycles. The van der Waals surface area contributed by atoms with Gasteiger partial charge in [0, 0.05) is 25.3 Å². The summed E-state index contributed by atoms with van der Waals surface area (Å²) in [5.41, 5.74) is 7.76. The maximum absolute atomic E-state index is 12.8. The molecule has 6 heteroatoms. The van der Waals surface area contributed by atoms with Crippen LogP contribution in [0, 0.1) is 28.6 Å². The number of fused-ring (bicyclic) bond motifs is 7. The third kappa shape index (κ3) is 6.52. The minimum absolute atomic E-state index is 0. The number of ketones is 2. The van der Waals surface area contributed by atoms with Gasteiger partial charge in [-0.25, -0.2) is 0 Å². The normalized spacial score (nSPS) is 30.4. The fourth-order valence-corrected chi connectivity index (χ4v) is 10.3. The van der Waals surface area contributed by atoms with Crippen molar-refractivity contribution >= 4 is 47.7 Å². The van der Waals surface area contributed by atoms with E-state index >= 15 is 0 Å². The van der Waals surface area contributed by atoms with Crippen molar-refractivity contribution < 1.29 is 19.1 Å². The third-order valence-electron chi connectivity index (χ3n) is 12.7. The lowest BCUT2D eigenvalue weighted by Crippen LogP contribution is -2.58. The van der Waals surface area contributed by atoms with Gasteiger partial charge >= 0.3 is 5.97 Å². The van der Waals surface area contributed by atoms with Gasteiger partial charge in [-0.15, -0.1) is 12.4 Å². The summed E-state index contributed by atoms with van der Waals surface area (Å²) in [5, 5.41) is 0. The summed E-state index contributed by atoms with van der Waals surface area (Å²) in [5.74, 6) is 1.03. The Labute approximate surface area is 305 Å². The van der Waals surface area contributed by atoms with Gasteiger partial charge in [0.15, 0.2) is 17.2 Å². The number of hydrogen-bond acceptors (Lipinski definition) is 5. The molecule has 50 heavy (non-hydrogen) atoms. The zero-order valence-corrected chi connectivity index (χ0v) is 31.7. The highest BCUT2D eigenvalue weighted by atomic mass is 35.5. The molecule has 6 unspecified atom stereocenters. The average molecular weight is 696 g/mol. The Morgan fingerprint density at radius 2 is 1.50 bits per heavy atom. The maximum atomic E-state index is 12.8. The second kappa shape index (κ2) is 14.6. The third-order valence-corrected chi connectivity index (χ3v) is 12.7. The molecule has 2 aromatic carbocycles. The molecule has 0 aliphatic heterocycles. The molecule has 0 bridgehead atoms. The van der Waals surface area contributed by atoms with E-state index in [1.807, 2.05) is 6.08 Å². The van der Waals surface area contributed by atoms with Gasteiger partial charge in [-0.3, -0.25) is 14.4 Å². The molecule has 2 saturated carbocycles. The van der Waals surface area contributed by atoms with Crippen molar-refractivity contribution in [1.82, 2.24) is 4.90 Å². The van der Waals surface area contributed by atoms with Crippen LogP contribution in [0.2, 0.25) is 0 Å². The van der Waals surface area contributed by atoms with E-state index in [-0.39, 0.29) is 40.8 Å². The predicted octanol–water partition coefficient (Wildman–Crippen LogP) is 9.55. The van der Waals surface area contributed by atoms with Gasteiger partial charge in [-0.1, -0.05) is 92.3 Å². The number of benzene rings is 2. The number of ether oxygens (including phenoxy) is 1. The number of carbonyl (C=O) groups is 3. The molecule has 2 aromatic rings. The second-order valence-corrected chi connectivity index (χ2v) is 15.8. The van der Waals surface area contributed by atoms with Crippen molar-refractivity contribution in [3.63, 3.8) is 0 Å². The predicted molar refractivity (Wildman–Crippen MR) is 206 cm³/mol. The molecule has 5 aliphatic rings. The van der Waals surface area contributed by atoms with Crippen LogP contribution >= 0.6 is 12.4 Å². The Kier molecular flexibility index (Phi) is 11.0. The highest BCUT2D eigenvalue weighted by molar-refractivity contribution is 5.94. The van der Waals surface area contributed by atoms with Gasteiger partial charge in [0.05, 0.1) is 0 Å². The summed E-state index contributed by atoms with van der Waals surface area (Å²) in [7, 11) is 4.24. The van der Waals surface area contributed by atoms with Gasteiger partial charge in [0.1, 0.15) is 0 Å². The van der Waals surface area contributed by atoms with E-state index < -0.39 is 5.60 Å². The van der Waals surface area contributed by atoms with Crippen LogP contribution in [0.25, 0.3) is 17.7 Å². The number of allylic oxidation sites excluding steroid dienone is 4. The second-order valence-electron chi connectivity index (χ2n) is 15.8. The van der Waals surface area contributed by atoms with Gasteiger partial charge in [-0.05, 0) is 129 Å². The summed E-state index contributed by atoms with van der Waals surface area (Å²) >= 11 is 0. The van der Waals surface area contributed by atoms with Crippen LogP contribution in [0.4, 0.5) is 0 Å². The van der Waals surface area contributed by atoms with Crippen LogP contribution < -0.4 is 0 Å². The molecule has 6 atom stereocenters. The number of hydrogen-bond donors (Lipinski definition) is 0. The minimum Gasteiger partial charge on any atom is -0.451 e. The van der Waals surface area contributed by atoms with E-state index in [2.05, 4.69) is 113 Å². The minimum atomic E-state index is -0.990. The topological polar surface area (TPSA) is 63.7 Å². The van der Waals surface area contributed by atoms with E-state index in [1.54, 1.807) is 6.92 Å². The molecule has 2 fully saturated rings. The highest BCUT2D eigenvalue weighted by Crippen LogP contribution is 2.67. The molecule has 0 amide bonds. The molecule has 0 radical (unpaired) electrons. The van der Waals surface area contributed by atoms with Gasteiger partial charge in [-0.2, -0.15) is 0 Å². The summed E-state index contributed by atoms with van der Waals surface area (Å²) in [6, 6.07) is 17.3. The first-order chi connectivity index (χ1) is 23.3. The lowest BCUT2D eigenvalue weighted by Gasteiger charge is -2.58. The van der Waals surface area contributed by atoms with E-state index in [9.17, 15) is 14.4 Å². The SMILES string of the molecule is CC(=O)OC1(C(C)=O)CCC2C3C=C(C)C4=CC(=O)CCC4(C)C3CCC21C.CN(C)CCC=C1c2ccccc2C=Cc2ccccc21.Cl. The van der Waals surface area contributed by atoms with Crippen molar-refractivity contribution in [2.45, 2.75) is 85.2 Å². The lowest BCUT2D eigenvalue weighted by molar-refractivity contribution is -0.185. The monoisotopic (exact) mass is 695 g/mol. The molecule has 7 rings (SSSR count). The van der Waals surface area contributed by atoms with Crippen LogP contribution in [0.3, 0.4) is 0 Å². The fourth-order valence-electron chi connectivity index (χ4n) is 10.3. The molecule has 0 aromatic heterocycles. The van der Waals surface area contributed by atoms with Crippen LogP contribution in [-0.4, -0.2) is 48.7 Å². The Balaban J connectivity index is 0.000000198. The number of halogens is 1. The van der Waals surface area contributed by atoms with Crippen LogP contribution in [0.1, 0.15) is 102 Å². The molecular weight excluding hydrogens is 642 g/mol. The van der Waals surface area contributed by atoms with Crippen molar-refractivity contribution in [1.29, 1.82) is 0 Å². The van der Waals surface area contributed by atoms with E-state index in [1.165, 1.54) is 45.9 Å². The number of nitrogens with zero attached hydrogens (tertiary/aromatic N) is 1. The molecular formula is C44H54ClNO4. The Morgan fingerprint density at radius 1 is 0.900 bits per heavy atom. The van der Waals surface area contributed by atoms with Crippen LogP contribution in [0.5, 0.6) is 0 Å². The van der Waals surface area contributed by atoms with Crippen molar-refractivity contribution in [3.05, 3.63) is 100 Å². The molecule has 0 heterocycles. The van der Waals surface area contributed by atoms with Gasteiger partial charge in [0.2, 0.25) is 0 Å². The summed E-state index contributed by atoms with van der Waals surface area (Å²) in [4.78, 5) is 39.0. The van der Waals surface area contributed by atoms with Crippen molar-refractivity contribution in [2.75, 3.05) is 20.6 Å². The van der Waals surface area contributed by atoms with Crippen LogP contribution in [-0.2, 0) is 19.1 Å². The van der Waals surface area contributed by atoms with Gasteiger partial charge in [0.25, 0.3) is 0 Å². The molecule has 5 nitrogen and oxygen atoms in total. The summed E-state index contributed by atoms with van der Waals surface area (Å²) in [6.07, 6.45) is 17.1. The van der Waals surface area contributed by atoms with Gasteiger partial charge < -0.3 is 9.64 Å². The van der Waals surface area contributed by atoms with E-state index in [4.69, 9.17) is 4.74 Å². The van der Waals surface area contributed by atoms with Crippen molar-refractivity contribution in [3.8, 4) is 0 Å². The Hall–Kier alpha value is -3.54. The molecule has 266 valence electrons. The smallest absolute Gasteiger partial charge is 0.303 e. The number of Topliss-reactive ketones (excluding diaryl/α,β-unsaturated/α-hetero) is 1. The van der Waals surface area contributed by atoms with E-state index in [0.717, 1.165) is 38.6 Å². The van der Waals surface area contributed by atoms with Crippen LogP contribution in [0.15, 0.2) is 77.9 Å². The summed E-state index contributed by atoms with van der Waals surface area (Å²) < 4.78 is 5.82. The molecule has 0 spiro atoms. The van der Waals surface area contributed by atoms with Crippen molar-refractivity contribution in [2.24, 2.45) is 28.6 Å². The average Bonchev–Trinajstić information content (AvgIpc) is 3.26. The molecule has 5 aliphatic carbocycles. The first-order valence-electron chi connectivity index (χ1n) is 18.2. The largest absolute Gasteiger partial charge is 0.451 e. The first-order valence-corrected chi connectivity index (χ1v) is 18.2. The molecule has 0 N–H and O–H groups in total. The standard InChI is InChI=1S/C24H32O4.C20H21N.ClH/c1-14-12-18-19(22(4)9-6-17(27)13-21(14)22)7-10-23(5)20(18)8-11-24(23,15(2)25)28-16(3)26;1-21(2)15-7-12-20-18-10-5-3-8-16(18)13-14-17-9-4-6-11-19(17)20;/h12-13,18-20H,6-11H2,1-5H3;3-6,8-14H,7,15H2,1-2H3;1H. The van der Waals surface area contributed by atoms with E-state index in [0.29, 0.717) is 30.6 Å². The number of esters is 1. The fraction of sp³-hybridized carbons (Fsp3) is 0.477. The Bertz CT molecular complexity index is 1730. The highest BCUT2D eigenvalue weighted by Gasteiger charge is 2.67. The number of carbonyl (C=O) groups excluding carboxylic acids is 3. The first kappa shape index (κ1) is 37.7. The Morgan fingerprint density at radius 3 is 2.08 bits per heavy atom. The lowest BCUT2D eigenvalue weighted by atomic mass is 9.47. The zero-order chi connectivity index (χ0) is 35.1.